The number of aromatic nitrogens is 2. The zero-order chi connectivity index (χ0) is 28.3. The molecule has 0 aliphatic carbocycles. The molecule has 1 fully saturated rings. The van der Waals surface area contributed by atoms with Crippen LogP contribution in [0.4, 0.5) is 28.0 Å². The number of sulfone groups is 1. The summed E-state index contributed by atoms with van der Waals surface area (Å²) in [5.41, 5.74) is -2.60. The molecule has 1 saturated heterocycles. The molecule has 2 heterocycles. The number of anilines is 1. The summed E-state index contributed by atoms with van der Waals surface area (Å²) in [6.45, 7) is 4.56. The van der Waals surface area contributed by atoms with Crippen molar-refractivity contribution in [2.45, 2.75) is 58.4 Å². The normalized spacial score (nSPS) is 16.2. The number of carbonyl (C=O) groups is 2. The van der Waals surface area contributed by atoms with Crippen molar-refractivity contribution in [1.82, 2.24) is 15.1 Å². The first-order valence-electron chi connectivity index (χ1n) is 11.9. The highest BCUT2D eigenvalue weighted by atomic mass is 32.2. The fourth-order valence-corrected chi connectivity index (χ4v) is 5.60. The Bertz CT molecular complexity index is 1260. The average molecular weight is 563 g/mol. The van der Waals surface area contributed by atoms with Crippen LogP contribution in [-0.4, -0.2) is 59.2 Å². The fourth-order valence-electron chi connectivity index (χ4n) is 4.01. The van der Waals surface area contributed by atoms with Gasteiger partial charge in [0.05, 0.1) is 23.7 Å². The predicted molar refractivity (Wildman–Crippen MR) is 131 cm³/mol. The van der Waals surface area contributed by atoms with Crippen molar-refractivity contribution in [2.75, 3.05) is 23.4 Å². The van der Waals surface area contributed by atoms with Crippen molar-refractivity contribution in [2.24, 2.45) is 5.92 Å². The van der Waals surface area contributed by atoms with Crippen LogP contribution in [0, 0.1) is 11.7 Å². The zero-order valence-corrected chi connectivity index (χ0v) is 22.0. The smallest absolute Gasteiger partial charge is 0.435 e. The summed E-state index contributed by atoms with van der Waals surface area (Å²) >= 11 is 0. The molecular formula is C24H30F4N4O5S. The van der Waals surface area contributed by atoms with E-state index in [9.17, 15) is 35.6 Å². The molecular weight excluding hydrogens is 532 g/mol. The van der Waals surface area contributed by atoms with Gasteiger partial charge in [0.25, 0.3) is 5.91 Å². The Hall–Kier alpha value is -3.16. The SMILES string of the molecule is CC(C)(C)OC(=O)Nc1cccc(F)c1CN(CCC1CCS(=O)(=O)CC1)C(=O)c1cc(C(F)(F)F)n[nH]1. The van der Waals surface area contributed by atoms with Crippen LogP contribution in [0.15, 0.2) is 24.3 Å². The second kappa shape index (κ2) is 11.3. The number of halogens is 4. The van der Waals surface area contributed by atoms with Gasteiger partial charge in [-0.05, 0) is 58.1 Å². The molecule has 1 aliphatic rings. The van der Waals surface area contributed by atoms with E-state index in [4.69, 9.17) is 4.74 Å². The molecule has 0 radical (unpaired) electrons. The molecule has 3 rings (SSSR count). The van der Waals surface area contributed by atoms with Crippen molar-refractivity contribution in [1.29, 1.82) is 0 Å². The molecule has 2 aromatic rings. The van der Waals surface area contributed by atoms with E-state index in [1.54, 1.807) is 20.8 Å². The molecule has 1 aromatic heterocycles. The lowest BCUT2D eigenvalue weighted by atomic mass is 9.98. The minimum absolute atomic E-state index is 0.00410. The molecule has 14 heteroatoms. The van der Waals surface area contributed by atoms with Crippen molar-refractivity contribution < 1.29 is 40.3 Å². The molecule has 9 nitrogen and oxygen atoms in total. The van der Waals surface area contributed by atoms with E-state index >= 15 is 0 Å². The number of rotatable bonds is 7. The molecule has 0 atom stereocenters. The van der Waals surface area contributed by atoms with E-state index in [2.05, 4.69) is 15.5 Å². The minimum Gasteiger partial charge on any atom is -0.444 e. The van der Waals surface area contributed by atoms with Gasteiger partial charge in [0.15, 0.2) is 5.69 Å². The summed E-state index contributed by atoms with van der Waals surface area (Å²) in [7, 11) is -3.11. The third-order valence-corrected chi connectivity index (χ3v) is 7.69. The number of aromatic amines is 1. The molecule has 1 aromatic carbocycles. The summed E-state index contributed by atoms with van der Waals surface area (Å²) in [4.78, 5) is 26.7. The van der Waals surface area contributed by atoms with E-state index in [0.29, 0.717) is 25.3 Å². The van der Waals surface area contributed by atoms with E-state index in [1.165, 1.54) is 12.1 Å². The van der Waals surface area contributed by atoms with Gasteiger partial charge < -0.3 is 9.64 Å². The number of alkyl halides is 3. The van der Waals surface area contributed by atoms with Crippen LogP contribution in [0.2, 0.25) is 0 Å². The van der Waals surface area contributed by atoms with Crippen LogP contribution in [0.25, 0.3) is 0 Å². The highest BCUT2D eigenvalue weighted by molar-refractivity contribution is 7.91. The molecule has 1 aliphatic heterocycles. The first-order valence-corrected chi connectivity index (χ1v) is 13.8. The van der Waals surface area contributed by atoms with Crippen LogP contribution in [0.5, 0.6) is 0 Å². The Morgan fingerprint density at radius 2 is 1.84 bits per heavy atom. The van der Waals surface area contributed by atoms with Crippen LogP contribution < -0.4 is 5.32 Å². The second-order valence-corrected chi connectivity index (χ2v) is 12.5. The van der Waals surface area contributed by atoms with Crippen LogP contribution in [-0.2, 0) is 27.3 Å². The number of nitrogens with zero attached hydrogens (tertiary/aromatic N) is 2. The summed E-state index contributed by atoms with van der Waals surface area (Å²) < 4.78 is 82.8. The maximum atomic E-state index is 14.9. The summed E-state index contributed by atoms with van der Waals surface area (Å²) in [6, 6.07) is 4.46. The molecule has 0 saturated carbocycles. The molecule has 2 N–H and O–H groups in total. The number of H-pyrrole nitrogens is 1. The Balaban J connectivity index is 1.86. The largest absolute Gasteiger partial charge is 0.444 e. The van der Waals surface area contributed by atoms with Crippen LogP contribution in [0.3, 0.4) is 0 Å². The first-order chi connectivity index (χ1) is 17.5. The van der Waals surface area contributed by atoms with Crippen molar-refractivity contribution >= 4 is 27.5 Å². The molecule has 2 amide bonds. The zero-order valence-electron chi connectivity index (χ0n) is 21.2. The highest BCUT2D eigenvalue weighted by Crippen LogP contribution is 2.29. The van der Waals surface area contributed by atoms with E-state index < -0.39 is 50.8 Å². The van der Waals surface area contributed by atoms with Gasteiger partial charge in [-0.3, -0.25) is 15.2 Å². The predicted octanol–water partition coefficient (Wildman–Crippen LogP) is 4.77. The lowest BCUT2D eigenvalue weighted by Gasteiger charge is -2.28. The van der Waals surface area contributed by atoms with Gasteiger partial charge in [-0.25, -0.2) is 17.6 Å². The van der Waals surface area contributed by atoms with Gasteiger partial charge in [0.2, 0.25) is 0 Å². The van der Waals surface area contributed by atoms with E-state index in [0.717, 1.165) is 11.0 Å². The lowest BCUT2D eigenvalue weighted by molar-refractivity contribution is -0.141. The third kappa shape index (κ3) is 8.17. The number of hydrogen-bond acceptors (Lipinski definition) is 6. The van der Waals surface area contributed by atoms with Gasteiger partial charge in [-0.2, -0.15) is 18.3 Å². The van der Waals surface area contributed by atoms with Crippen LogP contribution >= 0.6 is 0 Å². The molecule has 0 spiro atoms. The Kier molecular flexibility index (Phi) is 8.74. The van der Waals surface area contributed by atoms with Gasteiger partial charge in [-0.1, -0.05) is 6.07 Å². The molecule has 210 valence electrons. The number of benzene rings is 1. The number of nitrogens with one attached hydrogen (secondary N) is 2. The van der Waals surface area contributed by atoms with Crippen molar-refractivity contribution in [3.8, 4) is 0 Å². The second-order valence-electron chi connectivity index (χ2n) is 10.2. The Labute approximate surface area is 217 Å². The van der Waals surface area contributed by atoms with Gasteiger partial charge in [-0.15, -0.1) is 0 Å². The Morgan fingerprint density at radius 3 is 2.42 bits per heavy atom. The highest BCUT2D eigenvalue weighted by Gasteiger charge is 2.35. The van der Waals surface area contributed by atoms with Gasteiger partial charge in [0, 0.05) is 18.2 Å². The quantitative estimate of drug-likeness (QED) is 0.469. The van der Waals surface area contributed by atoms with Crippen molar-refractivity contribution in [3.05, 3.63) is 47.0 Å². The van der Waals surface area contributed by atoms with E-state index in [1.807, 2.05) is 0 Å². The van der Waals surface area contributed by atoms with Crippen molar-refractivity contribution in [3.63, 3.8) is 0 Å². The number of hydrogen-bond donors (Lipinski definition) is 2. The fraction of sp³-hybridized carbons (Fsp3) is 0.542. The average Bonchev–Trinajstić information content (AvgIpc) is 3.28. The van der Waals surface area contributed by atoms with Gasteiger partial charge >= 0.3 is 12.3 Å². The third-order valence-electron chi connectivity index (χ3n) is 5.97. The number of ether oxygens (including phenoxy) is 1. The number of carbonyl (C=O) groups excluding carboxylic acids is 2. The summed E-state index contributed by atoms with van der Waals surface area (Å²) in [6.07, 6.45) is -4.50. The van der Waals surface area contributed by atoms with Crippen LogP contribution in [0.1, 0.15) is 61.8 Å². The number of amides is 2. The minimum atomic E-state index is -4.77. The molecule has 38 heavy (non-hydrogen) atoms. The standard InChI is InChI=1S/C24H30F4N4O5S/c1-23(2,3)37-22(34)29-18-6-4-5-17(25)16(18)14-32(10-7-15-8-11-38(35,36)12-9-15)21(33)19-13-20(31-30-19)24(26,27)28/h4-6,13,15H,7-12,14H2,1-3H3,(H,29,34)(H,30,31). The molecule has 0 bridgehead atoms. The maximum Gasteiger partial charge on any atom is 0.435 e. The Morgan fingerprint density at radius 1 is 1.18 bits per heavy atom. The summed E-state index contributed by atoms with van der Waals surface area (Å²) in [5, 5.41) is 7.71. The lowest BCUT2D eigenvalue weighted by Crippen LogP contribution is -2.35. The monoisotopic (exact) mass is 562 g/mol. The first kappa shape index (κ1) is 29.4. The van der Waals surface area contributed by atoms with Gasteiger partial charge in [0.1, 0.15) is 26.9 Å². The maximum absolute atomic E-state index is 14.9. The summed E-state index contributed by atoms with van der Waals surface area (Å²) in [5.74, 6) is -1.62. The van der Waals surface area contributed by atoms with E-state index in [-0.39, 0.29) is 41.8 Å². The topological polar surface area (TPSA) is 121 Å². The molecule has 0 unspecified atom stereocenters.